The molecule has 1 aromatic rings. The Hall–Kier alpha value is -1.13. The summed E-state index contributed by atoms with van der Waals surface area (Å²) in [7, 11) is 3.74. The van der Waals surface area contributed by atoms with Gasteiger partial charge in [-0.1, -0.05) is 0 Å². The van der Waals surface area contributed by atoms with Crippen LogP contribution in [0.1, 0.15) is 18.5 Å². The molecule has 0 saturated carbocycles. The van der Waals surface area contributed by atoms with E-state index >= 15 is 0 Å². The fourth-order valence-corrected chi connectivity index (χ4v) is 2.61. The summed E-state index contributed by atoms with van der Waals surface area (Å²) in [5.41, 5.74) is 2.39. The minimum absolute atomic E-state index is 0.657. The average Bonchev–Trinajstić information content (AvgIpc) is 2.40. The van der Waals surface area contributed by atoms with Gasteiger partial charge in [-0.25, -0.2) is 0 Å². The largest absolute Gasteiger partial charge is 0.384 e. The highest BCUT2D eigenvalue weighted by molar-refractivity contribution is 5.47. The van der Waals surface area contributed by atoms with Crippen LogP contribution < -0.4 is 10.2 Å². The van der Waals surface area contributed by atoms with Gasteiger partial charge in [0.25, 0.3) is 0 Å². The molecule has 1 aliphatic heterocycles. The van der Waals surface area contributed by atoms with Gasteiger partial charge in [-0.15, -0.1) is 0 Å². The zero-order chi connectivity index (χ0) is 12.8. The molecule has 1 fully saturated rings. The molecule has 0 aliphatic carbocycles. The van der Waals surface area contributed by atoms with Crippen LogP contribution in [0.4, 0.5) is 5.69 Å². The van der Waals surface area contributed by atoms with E-state index in [0.29, 0.717) is 5.92 Å². The van der Waals surface area contributed by atoms with E-state index in [9.17, 15) is 0 Å². The highest BCUT2D eigenvalue weighted by Crippen LogP contribution is 2.23. The molecule has 1 aromatic heterocycles. The summed E-state index contributed by atoms with van der Waals surface area (Å²) in [5.74, 6) is 0.657. The summed E-state index contributed by atoms with van der Waals surface area (Å²) in [4.78, 5) is 6.82. The number of rotatable bonds is 5. The minimum Gasteiger partial charge on any atom is -0.384 e. The number of hydrogen-bond donors (Lipinski definition) is 1. The number of aromatic nitrogens is 1. The summed E-state index contributed by atoms with van der Waals surface area (Å²) >= 11 is 0. The zero-order valence-corrected chi connectivity index (χ0v) is 11.4. The number of anilines is 1. The van der Waals surface area contributed by atoms with Crippen molar-refractivity contribution < 1.29 is 4.74 Å². The third-order valence-electron chi connectivity index (χ3n) is 3.44. The van der Waals surface area contributed by atoms with Crippen LogP contribution in [0.25, 0.3) is 0 Å². The van der Waals surface area contributed by atoms with E-state index in [2.05, 4.69) is 27.3 Å². The first-order chi connectivity index (χ1) is 8.83. The number of ether oxygens (including phenoxy) is 1. The SMILES string of the molecule is CNCc1cc(N2CCCC(COC)C2)ccn1. The van der Waals surface area contributed by atoms with E-state index < -0.39 is 0 Å². The molecule has 0 aromatic carbocycles. The van der Waals surface area contributed by atoms with Crippen LogP contribution >= 0.6 is 0 Å². The van der Waals surface area contributed by atoms with Crippen LogP contribution in [0.5, 0.6) is 0 Å². The number of nitrogens with one attached hydrogen (secondary N) is 1. The Bertz CT molecular complexity index is 368. The zero-order valence-electron chi connectivity index (χ0n) is 11.4. The van der Waals surface area contributed by atoms with E-state index in [1.807, 2.05) is 13.2 Å². The van der Waals surface area contributed by atoms with Crippen molar-refractivity contribution in [2.45, 2.75) is 19.4 Å². The monoisotopic (exact) mass is 249 g/mol. The first kappa shape index (κ1) is 13.3. The molecule has 2 heterocycles. The number of piperidine rings is 1. The van der Waals surface area contributed by atoms with E-state index in [-0.39, 0.29) is 0 Å². The maximum absolute atomic E-state index is 5.28. The first-order valence-corrected chi connectivity index (χ1v) is 6.67. The molecule has 1 aliphatic rings. The fraction of sp³-hybridized carbons (Fsp3) is 0.643. The van der Waals surface area contributed by atoms with Crippen LogP contribution in [-0.2, 0) is 11.3 Å². The molecular weight excluding hydrogens is 226 g/mol. The minimum atomic E-state index is 0.657. The topological polar surface area (TPSA) is 37.4 Å². The Morgan fingerprint density at radius 2 is 2.44 bits per heavy atom. The lowest BCUT2D eigenvalue weighted by Gasteiger charge is -2.34. The van der Waals surface area contributed by atoms with Gasteiger partial charge in [0.05, 0.1) is 12.3 Å². The Labute approximate surface area is 109 Å². The summed E-state index contributed by atoms with van der Waals surface area (Å²) in [6.45, 7) is 3.92. The Morgan fingerprint density at radius 3 is 3.22 bits per heavy atom. The molecule has 0 spiro atoms. The van der Waals surface area contributed by atoms with Crippen molar-refractivity contribution in [3.63, 3.8) is 0 Å². The lowest BCUT2D eigenvalue weighted by atomic mass is 9.98. The van der Waals surface area contributed by atoms with Crippen molar-refractivity contribution in [3.8, 4) is 0 Å². The fourth-order valence-electron chi connectivity index (χ4n) is 2.61. The predicted octanol–water partition coefficient (Wildman–Crippen LogP) is 1.66. The molecule has 100 valence electrons. The summed E-state index contributed by atoms with van der Waals surface area (Å²) in [5, 5.41) is 3.14. The van der Waals surface area contributed by atoms with Crippen LogP contribution in [0.3, 0.4) is 0 Å². The average molecular weight is 249 g/mol. The van der Waals surface area contributed by atoms with Gasteiger partial charge >= 0.3 is 0 Å². The van der Waals surface area contributed by atoms with E-state index in [0.717, 1.165) is 31.9 Å². The maximum Gasteiger partial charge on any atom is 0.0562 e. The van der Waals surface area contributed by atoms with E-state index in [1.165, 1.54) is 18.5 Å². The van der Waals surface area contributed by atoms with Gasteiger partial charge in [0.2, 0.25) is 0 Å². The smallest absolute Gasteiger partial charge is 0.0562 e. The highest BCUT2D eigenvalue weighted by Gasteiger charge is 2.20. The molecule has 4 nitrogen and oxygen atoms in total. The standard InChI is InChI=1S/C14H23N3O/c1-15-9-13-8-14(5-6-16-13)17-7-3-4-12(10-17)11-18-2/h5-6,8,12,15H,3-4,7,9-11H2,1-2H3. The van der Waals surface area contributed by atoms with E-state index in [4.69, 9.17) is 4.74 Å². The van der Waals surface area contributed by atoms with Gasteiger partial charge < -0.3 is 15.0 Å². The van der Waals surface area contributed by atoms with Gasteiger partial charge in [0.1, 0.15) is 0 Å². The van der Waals surface area contributed by atoms with Crippen LogP contribution in [0.2, 0.25) is 0 Å². The first-order valence-electron chi connectivity index (χ1n) is 6.67. The van der Waals surface area contributed by atoms with Crippen LogP contribution in [0, 0.1) is 5.92 Å². The molecule has 0 bridgehead atoms. The molecule has 1 unspecified atom stereocenters. The summed E-state index contributed by atoms with van der Waals surface area (Å²) in [6, 6.07) is 4.29. The van der Waals surface area contributed by atoms with Crippen molar-refractivity contribution in [3.05, 3.63) is 24.0 Å². The predicted molar refractivity (Wildman–Crippen MR) is 73.8 cm³/mol. The number of hydrogen-bond acceptors (Lipinski definition) is 4. The Balaban J connectivity index is 2.03. The lowest BCUT2D eigenvalue weighted by molar-refractivity contribution is 0.143. The van der Waals surface area contributed by atoms with Gasteiger partial charge in [0, 0.05) is 38.6 Å². The molecule has 1 N–H and O–H groups in total. The molecule has 0 radical (unpaired) electrons. The molecule has 1 saturated heterocycles. The Morgan fingerprint density at radius 1 is 1.56 bits per heavy atom. The van der Waals surface area contributed by atoms with Gasteiger partial charge in [-0.2, -0.15) is 0 Å². The van der Waals surface area contributed by atoms with Crippen molar-refractivity contribution in [1.29, 1.82) is 0 Å². The molecule has 2 rings (SSSR count). The lowest BCUT2D eigenvalue weighted by Crippen LogP contribution is -2.37. The molecule has 0 amide bonds. The summed E-state index contributed by atoms with van der Waals surface area (Å²) in [6.07, 6.45) is 4.43. The second-order valence-corrected chi connectivity index (χ2v) is 4.95. The van der Waals surface area contributed by atoms with Crippen LogP contribution in [-0.4, -0.2) is 38.8 Å². The van der Waals surface area contributed by atoms with Crippen molar-refractivity contribution in [1.82, 2.24) is 10.3 Å². The van der Waals surface area contributed by atoms with Crippen molar-refractivity contribution in [2.75, 3.05) is 38.8 Å². The molecule has 18 heavy (non-hydrogen) atoms. The maximum atomic E-state index is 5.28. The third kappa shape index (κ3) is 3.43. The number of nitrogens with zero attached hydrogens (tertiary/aromatic N) is 2. The Kier molecular flexibility index (Phi) is 4.96. The second kappa shape index (κ2) is 6.71. The third-order valence-corrected chi connectivity index (χ3v) is 3.44. The number of pyridine rings is 1. The van der Waals surface area contributed by atoms with Gasteiger partial charge in [0.15, 0.2) is 0 Å². The number of methoxy groups -OCH3 is 1. The van der Waals surface area contributed by atoms with Crippen molar-refractivity contribution in [2.24, 2.45) is 5.92 Å². The summed E-state index contributed by atoms with van der Waals surface area (Å²) < 4.78 is 5.28. The molecule has 1 atom stereocenters. The van der Waals surface area contributed by atoms with Crippen molar-refractivity contribution >= 4 is 5.69 Å². The highest BCUT2D eigenvalue weighted by atomic mass is 16.5. The van der Waals surface area contributed by atoms with Crippen LogP contribution in [0.15, 0.2) is 18.3 Å². The molecular formula is C14H23N3O. The second-order valence-electron chi connectivity index (χ2n) is 4.95. The van der Waals surface area contributed by atoms with Gasteiger partial charge in [-0.3, -0.25) is 4.98 Å². The normalized spacial score (nSPS) is 20.1. The quantitative estimate of drug-likeness (QED) is 0.861. The molecule has 4 heteroatoms. The van der Waals surface area contributed by atoms with E-state index in [1.54, 1.807) is 7.11 Å². The van der Waals surface area contributed by atoms with Gasteiger partial charge in [-0.05, 0) is 37.9 Å².